The molecule has 1 N–H and O–H groups in total. The molecule has 0 amide bonds. The molecule has 0 bridgehead atoms. The number of hydrogen-bond donors (Lipinski definition) is 1. The zero-order valence-corrected chi connectivity index (χ0v) is 13.5. The van der Waals surface area contributed by atoms with Gasteiger partial charge < -0.3 is 9.72 Å². The molecule has 0 spiro atoms. The maximum Gasteiger partial charge on any atom is 0.259 e. The number of hydrogen-bond acceptors (Lipinski definition) is 6. The van der Waals surface area contributed by atoms with Crippen molar-refractivity contribution < 1.29 is 4.74 Å². The number of nitrogens with one attached hydrogen (secondary N) is 1. The van der Waals surface area contributed by atoms with Crippen molar-refractivity contribution in [1.29, 1.82) is 0 Å². The third-order valence-corrected chi connectivity index (χ3v) is 4.54. The van der Waals surface area contributed by atoms with Gasteiger partial charge in [0.25, 0.3) is 5.56 Å². The molecule has 0 aliphatic rings. The van der Waals surface area contributed by atoms with E-state index in [9.17, 15) is 4.79 Å². The molecule has 4 rings (SSSR count). The fourth-order valence-corrected chi connectivity index (χ4v) is 3.16. The minimum atomic E-state index is -0.231. The van der Waals surface area contributed by atoms with Crippen LogP contribution in [0.3, 0.4) is 0 Å². The van der Waals surface area contributed by atoms with Crippen LogP contribution in [0.4, 0.5) is 0 Å². The monoisotopic (exact) mass is 336 g/mol. The van der Waals surface area contributed by atoms with Crippen LogP contribution in [0.25, 0.3) is 32.3 Å². The zero-order valence-electron chi connectivity index (χ0n) is 12.7. The lowest BCUT2D eigenvalue weighted by molar-refractivity contribution is 0.415. The van der Waals surface area contributed by atoms with Gasteiger partial charge in [-0.2, -0.15) is 0 Å². The molecule has 2 aromatic heterocycles. The van der Waals surface area contributed by atoms with Crippen LogP contribution in [0.5, 0.6) is 5.75 Å². The van der Waals surface area contributed by atoms with Gasteiger partial charge in [0.05, 0.1) is 18.0 Å². The van der Waals surface area contributed by atoms with Gasteiger partial charge in [-0.15, -0.1) is 10.2 Å². The van der Waals surface area contributed by atoms with E-state index in [1.807, 2.05) is 30.3 Å². The summed E-state index contributed by atoms with van der Waals surface area (Å²) in [6.07, 6.45) is 0. The Hall–Kier alpha value is -3.06. The van der Waals surface area contributed by atoms with E-state index in [-0.39, 0.29) is 5.56 Å². The summed E-state index contributed by atoms with van der Waals surface area (Å²) in [6.45, 7) is 0. The first kappa shape index (κ1) is 14.5. The van der Waals surface area contributed by atoms with Gasteiger partial charge in [0.2, 0.25) is 0 Å². The first-order valence-corrected chi connectivity index (χ1v) is 8.03. The Kier molecular flexibility index (Phi) is 3.55. The average molecular weight is 336 g/mol. The Labute approximate surface area is 140 Å². The number of rotatable bonds is 3. The number of H-pyrrole nitrogens is 1. The zero-order chi connectivity index (χ0) is 16.5. The predicted octanol–water partition coefficient (Wildman–Crippen LogP) is 3.12. The van der Waals surface area contributed by atoms with Crippen LogP contribution in [0.1, 0.15) is 0 Å². The summed E-state index contributed by atoms with van der Waals surface area (Å²) in [5.74, 6) is 1.03. The molecule has 24 heavy (non-hydrogen) atoms. The summed E-state index contributed by atoms with van der Waals surface area (Å²) in [5.41, 5.74) is 1.34. The van der Waals surface area contributed by atoms with E-state index in [1.165, 1.54) is 11.3 Å². The van der Waals surface area contributed by atoms with Crippen LogP contribution >= 0.6 is 11.3 Å². The topological polar surface area (TPSA) is 80.8 Å². The lowest BCUT2D eigenvalue weighted by Gasteiger charge is -2.02. The molecule has 0 aliphatic carbocycles. The molecule has 0 unspecified atom stereocenters. The second-order valence-corrected chi connectivity index (χ2v) is 6.05. The van der Waals surface area contributed by atoms with E-state index in [1.54, 1.807) is 25.3 Å². The number of benzene rings is 2. The molecule has 6 nitrogen and oxygen atoms in total. The largest absolute Gasteiger partial charge is 0.497 e. The van der Waals surface area contributed by atoms with Gasteiger partial charge in [0.1, 0.15) is 10.8 Å². The number of nitrogens with zero attached hydrogens (tertiary/aromatic N) is 3. The van der Waals surface area contributed by atoms with Crippen molar-refractivity contribution in [1.82, 2.24) is 20.2 Å². The molecule has 2 aromatic carbocycles. The summed E-state index contributed by atoms with van der Waals surface area (Å²) in [7, 11) is 1.56. The first-order chi connectivity index (χ1) is 11.7. The Morgan fingerprint density at radius 1 is 1.04 bits per heavy atom. The molecule has 0 saturated carbocycles. The normalized spacial score (nSPS) is 10.9. The lowest BCUT2D eigenvalue weighted by atomic mass is 10.2. The highest BCUT2D eigenvalue weighted by Gasteiger charge is 2.12. The fourth-order valence-electron chi connectivity index (χ4n) is 2.36. The van der Waals surface area contributed by atoms with E-state index < -0.39 is 0 Å². The van der Waals surface area contributed by atoms with Crippen LogP contribution in [0.2, 0.25) is 0 Å². The summed E-state index contributed by atoms with van der Waals surface area (Å²) in [4.78, 5) is 19.6. The van der Waals surface area contributed by atoms with Gasteiger partial charge in [0.15, 0.2) is 10.8 Å². The van der Waals surface area contributed by atoms with Crippen molar-refractivity contribution in [3.05, 3.63) is 58.9 Å². The highest BCUT2D eigenvalue weighted by molar-refractivity contribution is 7.17. The van der Waals surface area contributed by atoms with Crippen molar-refractivity contribution in [3.8, 4) is 27.2 Å². The van der Waals surface area contributed by atoms with Gasteiger partial charge in [-0.25, -0.2) is 4.98 Å². The van der Waals surface area contributed by atoms with E-state index in [0.717, 1.165) is 10.6 Å². The van der Waals surface area contributed by atoms with E-state index in [0.29, 0.717) is 27.5 Å². The minimum Gasteiger partial charge on any atom is -0.497 e. The van der Waals surface area contributed by atoms with Crippen molar-refractivity contribution in [2.45, 2.75) is 0 Å². The molecule has 0 saturated heterocycles. The Balaban J connectivity index is 1.80. The smallest absolute Gasteiger partial charge is 0.259 e. The van der Waals surface area contributed by atoms with Gasteiger partial charge in [-0.05, 0) is 18.2 Å². The molecular weight excluding hydrogens is 324 g/mol. The highest BCUT2D eigenvalue weighted by Crippen LogP contribution is 2.28. The molecule has 2 heterocycles. The number of ether oxygens (including phenoxy) is 1. The predicted molar refractivity (Wildman–Crippen MR) is 93.3 cm³/mol. The minimum absolute atomic E-state index is 0.231. The van der Waals surface area contributed by atoms with E-state index in [4.69, 9.17) is 4.74 Å². The summed E-state index contributed by atoms with van der Waals surface area (Å²) < 4.78 is 5.14. The maximum absolute atomic E-state index is 12.3. The van der Waals surface area contributed by atoms with Crippen molar-refractivity contribution in [3.63, 3.8) is 0 Å². The van der Waals surface area contributed by atoms with Gasteiger partial charge in [-0.1, -0.05) is 41.7 Å². The SMILES string of the molecule is COc1ccc2nc(-c3nnc(-c4ccccc4)s3)[nH]c(=O)c2c1. The van der Waals surface area contributed by atoms with Crippen LogP contribution < -0.4 is 10.3 Å². The van der Waals surface area contributed by atoms with E-state index >= 15 is 0 Å². The Bertz CT molecular complexity index is 1070. The number of aromatic amines is 1. The Morgan fingerprint density at radius 3 is 2.62 bits per heavy atom. The van der Waals surface area contributed by atoms with Gasteiger partial charge >= 0.3 is 0 Å². The number of methoxy groups -OCH3 is 1. The second-order valence-electron chi connectivity index (χ2n) is 5.08. The summed E-state index contributed by atoms with van der Waals surface area (Å²) in [6, 6.07) is 15.0. The first-order valence-electron chi connectivity index (χ1n) is 7.22. The molecule has 0 aliphatic heterocycles. The van der Waals surface area contributed by atoms with Crippen molar-refractivity contribution >= 4 is 22.2 Å². The fraction of sp³-hybridized carbons (Fsp3) is 0.0588. The molecule has 7 heteroatoms. The van der Waals surface area contributed by atoms with Gasteiger partial charge in [0, 0.05) is 5.56 Å². The number of aromatic nitrogens is 4. The molecular formula is C17H12N4O2S. The van der Waals surface area contributed by atoms with Crippen LogP contribution in [0, 0.1) is 0 Å². The molecule has 0 atom stereocenters. The molecule has 0 fully saturated rings. The second kappa shape index (κ2) is 5.86. The highest BCUT2D eigenvalue weighted by atomic mass is 32.1. The maximum atomic E-state index is 12.3. The molecule has 4 aromatic rings. The van der Waals surface area contributed by atoms with Crippen LogP contribution in [0.15, 0.2) is 53.3 Å². The summed E-state index contributed by atoms with van der Waals surface area (Å²) in [5, 5.41) is 10.2. The number of fused-ring (bicyclic) bond motifs is 1. The average Bonchev–Trinajstić information content (AvgIpc) is 3.12. The van der Waals surface area contributed by atoms with Crippen LogP contribution in [-0.2, 0) is 0 Å². The third-order valence-electron chi connectivity index (χ3n) is 3.56. The van der Waals surface area contributed by atoms with E-state index in [2.05, 4.69) is 20.2 Å². The lowest BCUT2D eigenvalue weighted by Crippen LogP contribution is -2.09. The molecule has 0 radical (unpaired) electrons. The molecule has 118 valence electrons. The van der Waals surface area contributed by atoms with Crippen LogP contribution in [-0.4, -0.2) is 27.3 Å². The van der Waals surface area contributed by atoms with Gasteiger partial charge in [-0.3, -0.25) is 4.79 Å². The standard InChI is InChI=1S/C17H12N4O2S/c1-23-11-7-8-13-12(9-11)15(22)19-14(18-13)17-21-20-16(24-17)10-5-3-2-4-6-10/h2-9H,1H3,(H,18,19,22). The van der Waals surface area contributed by atoms with Crippen molar-refractivity contribution in [2.24, 2.45) is 0 Å². The summed E-state index contributed by atoms with van der Waals surface area (Å²) >= 11 is 1.38. The quantitative estimate of drug-likeness (QED) is 0.622. The Morgan fingerprint density at radius 2 is 1.83 bits per heavy atom. The van der Waals surface area contributed by atoms with Crippen molar-refractivity contribution in [2.75, 3.05) is 7.11 Å². The third kappa shape index (κ3) is 2.55.